The molecule has 1 aromatic carbocycles. The number of aromatic amines is 1. The Kier molecular flexibility index (Phi) is 4.04. The van der Waals surface area contributed by atoms with Crippen LogP contribution < -0.4 is 5.56 Å². The summed E-state index contributed by atoms with van der Waals surface area (Å²) in [6, 6.07) is 7.33. The molecule has 0 saturated heterocycles. The van der Waals surface area contributed by atoms with Gasteiger partial charge in [-0.3, -0.25) is 24.1 Å². The van der Waals surface area contributed by atoms with E-state index in [-0.39, 0.29) is 16.6 Å². The Labute approximate surface area is 116 Å². The van der Waals surface area contributed by atoms with Crippen molar-refractivity contribution in [2.24, 2.45) is 0 Å². The highest BCUT2D eigenvalue weighted by Gasteiger charge is 2.17. The molecule has 0 aliphatic carbocycles. The van der Waals surface area contributed by atoms with Crippen LogP contribution in [0.3, 0.4) is 0 Å². The summed E-state index contributed by atoms with van der Waals surface area (Å²) in [5, 5.41) is 10.9. The van der Waals surface area contributed by atoms with E-state index in [1.807, 2.05) is 0 Å². The number of nitrogens with zero attached hydrogens (tertiary/aromatic N) is 2. The zero-order chi connectivity index (χ0) is 14.7. The Morgan fingerprint density at radius 3 is 2.75 bits per heavy atom. The number of nitro groups is 1. The van der Waals surface area contributed by atoms with Crippen LogP contribution in [0.25, 0.3) is 0 Å². The van der Waals surface area contributed by atoms with Crippen LogP contribution in [0, 0.1) is 17.0 Å². The normalized spacial score (nSPS) is 12.1. The van der Waals surface area contributed by atoms with Crippen LogP contribution in [0.2, 0.25) is 0 Å². The van der Waals surface area contributed by atoms with Crippen molar-refractivity contribution in [3.05, 3.63) is 62.1 Å². The van der Waals surface area contributed by atoms with Crippen molar-refractivity contribution >= 4 is 16.5 Å². The van der Waals surface area contributed by atoms with Gasteiger partial charge in [-0.2, -0.15) is 0 Å². The molecule has 104 valence electrons. The summed E-state index contributed by atoms with van der Waals surface area (Å²) in [7, 11) is -1.65. The number of hydrogen-bond acceptors (Lipinski definition) is 5. The smallest absolute Gasteiger partial charge is 0.273 e. The van der Waals surface area contributed by atoms with Crippen molar-refractivity contribution in [1.29, 1.82) is 0 Å². The molecular formula is C12H11N3O4S. The summed E-state index contributed by atoms with van der Waals surface area (Å²) in [6.45, 7) is 1.61. The molecule has 20 heavy (non-hydrogen) atoms. The summed E-state index contributed by atoms with van der Waals surface area (Å²) in [5.41, 5.74) is 0.277. The second-order valence-electron chi connectivity index (χ2n) is 4.07. The maximum atomic E-state index is 12.1. The zero-order valence-corrected chi connectivity index (χ0v) is 11.3. The van der Waals surface area contributed by atoms with Gasteiger partial charge in [-0.05, 0) is 6.92 Å². The molecule has 0 aliphatic rings. The van der Waals surface area contributed by atoms with Crippen LogP contribution in [0.1, 0.15) is 11.3 Å². The summed E-state index contributed by atoms with van der Waals surface area (Å²) in [5.74, 6) is -0.0798. The lowest BCUT2D eigenvalue weighted by Crippen LogP contribution is -2.13. The van der Waals surface area contributed by atoms with Gasteiger partial charge in [0.2, 0.25) is 0 Å². The molecular weight excluding hydrogens is 282 g/mol. The second-order valence-corrected chi connectivity index (χ2v) is 5.43. The van der Waals surface area contributed by atoms with Gasteiger partial charge in [-0.25, -0.2) is 4.98 Å². The quantitative estimate of drug-likeness (QED) is 0.519. The van der Waals surface area contributed by atoms with Crippen molar-refractivity contribution in [2.75, 3.05) is 0 Å². The van der Waals surface area contributed by atoms with Crippen molar-refractivity contribution in [3.63, 3.8) is 0 Å². The summed E-state index contributed by atoms with van der Waals surface area (Å²) in [4.78, 5) is 28.0. The fourth-order valence-electron chi connectivity index (χ4n) is 1.68. The minimum absolute atomic E-state index is 0.0214. The van der Waals surface area contributed by atoms with Crippen LogP contribution >= 0.6 is 0 Å². The largest absolute Gasteiger partial charge is 0.299 e. The Bertz CT molecular complexity index is 741. The summed E-state index contributed by atoms with van der Waals surface area (Å²) >= 11 is 0. The average molecular weight is 293 g/mol. The van der Waals surface area contributed by atoms with Gasteiger partial charge in [0, 0.05) is 23.4 Å². The standard InChI is InChI=1S/C12H11N3O4S/c1-8-6-11(16)14-12(13-8)20(19)7-9-4-2-3-5-10(9)15(17)18/h2-6H,7H2,1H3,(H,13,14,16). The third-order valence-corrected chi connectivity index (χ3v) is 3.74. The number of nitrogens with one attached hydrogen (secondary N) is 1. The van der Waals surface area contributed by atoms with Crippen molar-refractivity contribution < 1.29 is 9.13 Å². The Morgan fingerprint density at radius 2 is 2.10 bits per heavy atom. The van der Waals surface area contributed by atoms with Crippen LogP contribution in [0.5, 0.6) is 0 Å². The highest BCUT2D eigenvalue weighted by atomic mass is 32.2. The van der Waals surface area contributed by atoms with E-state index in [9.17, 15) is 19.1 Å². The molecule has 0 bridgehead atoms. The minimum atomic E-state index is -1.65. The molecule has 0 spiro atoms. The fourth-order valence-corrected chi connectivity index (χ4v) is 2.80. The lowest BCUT2D eigenvalue weighted by atomic mass is 10.2. The van der Waals surface area contributed by atoms with E-state index in [4.69, 9.17) is 0 Å². The van der Waals surface area contributed by atoms with Crippen LogP contribution in [0.4, 0.5) is 5.69 Å². The van der Waals surface area contributed by atoms with Crippen molar-refractivity contribution in [3.8, 4) is 0 Å². The van der Waals surface area contributed by atoms with Crippen molar-refractivity contribution in [1.82, 2.24) is 9.97 Å². The number of hydrogen-bond donors (Lipinski definition) is 1. The van der Waals surface area contributed by atoms with E-state index in [1.54, 1.807) is 13.0 Å². The van der Waals surface area contributed by atoms with E-state index < -0.39 is 21.3 Å². The van der Waals surface area contributed by atoms with Gasteiger partial charge in [0.05, 0.1) is 21.5 Å². The molecule has 1 unspecified atom stereocenters. The molecule has 8 heteroatoms. The number of H-pyrrole nitrogens is 1. The van der Waals surface area contributed by atoms with E-state index in [1.165, 1.54) is 24.3 Å². The molecule has 1 N–H and O–H groups in total. The van der Waals surface area contributed by atoms with E-state index in [2.05, 4.69) is 9.97 Å². The SMILES string of the molecule is Cc1cc(=O)[nH]c(S(=O)Cc2ccccc2[N+](=O)[O-])n1. The highest BCUT2D eigenvalue weighted by Crippen LogP contribution is 2.20. The lowest BCUT2D eigenvalue weighted by Gasteiger charge is -2.03. The molecule has 1 aromatic heterocycles. The first-order valence-electron chi connectivity index (χ1n) is 5.66. The maximum absolute atomic E-state index is 12.1. The molecule has 1 atom stereocenters. The molecule has 2 rings (SSSR count). The van der Waals surface area contributed by atoms with Gasteiger partial charge < -0.3 is 0 Å². The van der Waals surface area contributed by atoms with Crippen LogP contribution in [-0.4, -0.2) is 19.1 Å². The second kappa shape index (κ2) is 5.74. The monoisotopic (exact) mass is 293 g/mol. The topological polar surface area (TPSA) is 106 Å². The third kappa shape index (κ3) is 3.15. The number of nitro benzene ring substituents is 1. The predicted octanol–water partition coefficient (Wildman–Crippen LogP) is 1.29. The lowest BCUT2D eigenvalue weighted by molar-refractivity contribution is -0.385. The molecule has 2 aromatic rings. The maximum Gasteiger partial charge on any atom is 0.273 e. The van der Waals surface area contributed by atoms with Gasteiger partial charge in [0.25, 0.3) is 11.2 Å². The number of aromatic nitrogens is 2. The Hall–Kier alpha value is -2.35. The fraction of sp³-hybridized carbons (Fsp3) is 0.167. The molecule has 0 saturated carbocycles. The zero-order valence-electron chi connectivity index (χ0n) is 10.5. The molecule has 7 nitrogen and oxygen atoms in total. The van der Waals surface area contributed by atoms with Gasteiger partial charge in [-0.1, -0.05) is 18.2 Å². The molecule has 0 aliphatic heterocycles. The van der Waals surface area contributed by atoms with Crippen molar-refractivity contribution in [2.45, 2.75) is 17.8 Å². The molecule has 0 amide bonds. The first-order valence-corrected chi connectivity index (χ1v) is 6.98. The highest BCUT2D eigenvalue weighted by molar-refractivity contribution is 7.84. The third-order valence-electron chi connectivity index (χ3n) is 2.54. The van der Waals surface area contributed by atoms with Gasteiger partial charge in [0.1, 0.15) is 0 Å². The molecule has 0 fully saturated rings. The van der Waals surface area contributed by atoms with E-state index in [0.717, 1.165) is 0 Å². The average Bonchev–Trinajstić information content (AvgIpc) is 2.37. The molecule has 1 heterocycles. The van der Waals surface area contributed by atoms with Crippen LogP contribution in [0.15, 0.2) is 40.3 Å². The van der Waals surface area contributed by atoms with E-state index >= 15 is 0 Å². The Morgan fingerprint density at radius 1 is 1.40 bits per heavy atom. The summed E-state index contributed by atoms with van der Waals surface area (Å²) in [6.07, 6.45) is 0. The van der Waals surface area contributed by atoms with E-state index in [0.29, 0.717) is 11.3 Å². The van der Waals surface area contributed by atoms with Gasteiger partial charge in [-0.15, -0.1) is 0 Å². The Balaban J connectivity index is 2.33. The number of benzene rings is 1. The molecule has 0 radical (unpaired) electrons. The predicted molar refractivity (Wildman–Crippen MR) is 72.8 cm³/mol. The first-order chi connectivity index (χ1) is 9.47. The minimum Gasteiger partial charge on any atom is -0.299 e. The van der Waals surface area contributed by atoms with Gasteiger partial charge >= 0.3 is 0 Å². The number of para-hydroxylation sites is 1. The number of rotatable bonds is 4. The summed E-state index contributed by atoms with van der Waals surface area (Å²) < 4.78 is 12.1. The number of aryl methyl sites for hydroxylation is 1. The van der Waals surface area contributed by atoms with Crippen LogP contribution in [-0.2, 0) is 16.6 Å². The first kappa shape index (κ1) is 14.1. The van der Waals surface area contributed by atoms with Gasteiger partial charge in [0.15, 0.2) is 5.16 Å².